The number of H-pyrrole nitrogens is 1. The fourth-order valence-electron chi connectivity index (χ4n) is 3.89. The Morgan fingerprint density at radius 1 is 1.13 bits per heavy atom. The summed E-state index contributed by atoms with van der Waals surface area (Å²) in [6.07, 6.45) is 2.57. The van der Waals surface area contributed by atoms with E-state index in [-0.39, 0.29) is 4.90 Å². The van der Waals surface area contributed by atoms with E-state index in [0.717, 1.165) is 48.3 Å². The minimum Gasteiger partial charge on any atom is -0.495 e. The first-order chi connectivity index (χ1) is 14.5. The van der Waals surface area contributed by atoms with E-state index in [0.29, 0.717) is 18.7 Å². The molecule has 1 saturated heterocycles. The van der Waals surface area contributed by atoms with Gasteiger partial charge in [-0.15, -0.1) is 0 Å². The van der Waals surface area contributed by atoms with Gasteiger partial charge in [-0.2, -0.15) is 0 Å². The van der Waals surface area contributed by atoms with Crippen LogP contribution in [0.4, 0.5) is 5.69 Å². The molecule has 3 N–H and O–H groups in total. The number of nitrogens with zero attached hydrogens (tertiary/aromatic N) is 1. The fourth-order valence-corrected chi connectivity index (χ4v) is 4.94. The molecule has 1 fully saturated rings. The lowest BCUT2D eigenvalue weighted by atomic mass is 10.1. The summed E-state index contributed by atoms with van der Waals surface area (Å²) in [7, 11) is -2.01. The van der Waals surface area contributed by atoms with Crippen LogP contribution in [0.3, 0.4) is 0 Å². The number of methoxy groups -OCH3 is 1. The molecular formula is C22H28N4O3S. The largest absolute Gasteiger partial charge is 0.495 e. The fraction of sp³-hybridized carbons (Fsp3) is 0.364. The van der Waals surface area contributed by atoms with E-state index >= 15 is 0 Å². The maximum Gasteiger partial charge on any atom is 0.240 e. The molecule has 2 aromatic carbocycles. The molecule has 30 heavy (non-hydrogen) atoms. The summed E-state index contributed by atoms with van der Waals surface area (Å²) in [5, 5.41) is 4.45. The molecule has 160 valence electrons. The van der Waals surface area contributed by atoms with E-state index in [2.05, 4.69) is 39.0 Å². The molecule has 0 atom stereocenters. The quantitative estimate of drug-likeness (QED) is 0.538. The molecule has 4 rings (SSSR count). The van der Waals surface area contributed by atoms with Crippen molar-refractivity contribution in [3.8, 4) is 5.75 Å². The van der Waals surface area contributed by atoms with Crippen LogP contribution in [0.5, 0.6) is 5.75 Å². The molecule has 0 unspecified atom stereocenters. The summed E-state index contributed by atoms with van der Waals surface area (Å²) in [4.78, 5) is 5.66. The minimum atomic E-state index is -3.62. The predicted molar refractivity (Wildman–Crippen MR) is 120 cm³/mol. The molecule has 7 nitrogen and oxygen atoms in total. The first-order valence-corrected chi connectivity index (χ1v) is 11.7. The maximum atomic E-state index is 12.9. The topological polar surface area (TPSA) is 86.5 Å². The Balaban J connectivity index is 1.49. The monoisotopic (exact) mass is 428 g/mol. The van der Waals surface area contributed by atoms with Gasteiger partial charge in [-0.1, -0.05) is 11.6 Å². The van der Waals surface area contributed by atoms with Crippen LogP contribution in [0.25, 0.3) is 10.9 Å². The Bertz CT molecular complexity index is 1130. The van der Waals surface area contributed by atoms with Crippen LogP contribution in [0.1, 0.15) is 11.1 Å². The summed E-state index contributed by atoms with van der Waals surface area (Å²) < 4.78 is 34.1. The number of ether oxygens (including phenoxy) is 1. The Hall–Kier alpha value is -2.55. The van der Waals surface area contributed by atoms with Crippen molar-refractivity contribution in [2.24, 2.45) is 0 Å². The lowest BCUT2D eigenvalue weighted by molar-refractivity contribution is 0.412. The number of nitrogens with one attached hydrogen (secondary N) is 3. The van der Waals surface area contributed by atoms with Gasteiger partial charge in [-0.25, -0.2) is 13.1 Å². The summed E-state index contributed by atoms with van der Waals surface area (Å²) in [6, 6.07) is 11.3. The molecule has 0 bridgehead atoms. The Morgan fingerprint density at radius 2 is 1.93 bits per heavy atom. The Kier molecular flexibility index (Phi) is 5.99. The van der Waals surface area contributed by atoms with Crippen molar-refractivity contribution in [3.63, 3.8) is 0 Å². The van der Waals surface area contributed by atoms with E-state index in [9.17, 15) is 8.42 Å². The highest BCUT2D eigenvalue weighted by Crippen LogP contribution is 2.31. The number of hydrogen-bond donors (Lipinski definition) is 3. The lowest BCUT2D eigenvalue weighted by Gasteiger charge is -2.30. The van der Waals surface area contributed by atoms with E-state index in [1.54, 1.807) is 25.3 Å². The maximum absolute atomic E-state index is 12.9. The van der Waals surface area contributed by atoms with Gasteiger partial charge in [0.1, 0.15) is 5.75 Å². The molecule has 8 heteroatoms. The number of benzene rings is 2. The Morgan fingerprint density at radius 3 is 2.70 bits per heavy atom. The number of aromatic nitrogens is 1. The van der Waals surface area contributed by atoms with Gasteiger partial charge in [0.05, 0.1) is 17.7 Å². The second-order valence-corrected chi connectivity index (χ2v) is 9.35. The standard InChI is InChI=1S/C22H28N4O3S/c1-16-3-5-20-19(13-16)17(15-24-20)7-8-25-30(27,28)18-4-6-22(29-2)21(14-18)26-11-9-23-10-12-26/h3-6,13-15,23-25H,7-12H2,1-2H3. The number of piperazine rings is 1. The Labute approximate surface area is 177 Å². The van der Waals surface area contributed by atoms with Crippen molar-refractivity contribution in [1.29, 1.82) is 0 Å². The molecule has 0 spiro atoms. The average Bonchev–Trinajstić information content (AvgIpc) is 3.16. The highest BCUT2D eigenvalue weighted by atomic mass is 32.2. The molecule has 0 aliphatic carbocycles. The molecule has 3 aromatic rings. The van der Waals surface area contributed by atoms with Crippen LogP contribution in [-0.4, -0.2) is 53.2 Å². The molecular weight excluding hydrogens is 400 g/mol. The van der Waals surface area contributed by atoms with Crippen molar-refractivity contribution in [2.75, 3.05) is 44.7 Å². The normalized spacial score (nSPS) is 14.9. The van der Waals surface area contributed by atoms with E-state index in [4.69, 9.17) is 4.74 Å². The van der Waals surface area contributed by atoms with Crippen molar-refractivity contribution in [3.05, 3.63) is 53.7 Å². The number of hydrogen-bond acceptors (Lipinski definition) is 5. The first kappa shape index (κ1) is 20.7. The van der Waals surface area contributed by atoms with Crippen molar-refractivity contribution in [2.45, 2.75) is 18.2 Å². The van der Waals surface area contributed by atoms with Gasteiger partial charge < -0.3 is 19.9 Å². The predicted octanol–water partition coefficient (Wildman–Crippen LogP) is 2.42. The SMILES string of the molecule is COc1ccc(S(=O)(=O)NCCc2c[nH]c3ccc(C)cc23)cc1N1CCNCC1. The highest BCUT2D eigenvalue weighted by Gasteiger charge is 2.20. The average molecular weight is 429 g/mol. The number of aromatic amines is 1. The minimum absolute atomic E-state index is 0.256. The van der Waals surface area contributed by atoms with Gasteiger partial charge in [0.25, 0.3) is 0 Å². The molecule has 0 saturated carbocycles. The van der Waals surface area contributed by atoms with Crippen molar-refractivity contribution >= 4 is 26.6 Å². The van der Waals surface area contributed by atoms with Crippen LogP contribution in [0.15, 0.2) is 47.5 Å². The molecule has 1 aliphatic rings. The molecule has 1 aliphatic heterocycles. The van der Waals surface area contributed by atoms with Crippen molar-refractivity contribution < 1.29 is 13.2 Å². The van der Waals surface area contributed by atoms with Crippen LogP contribution < -0.4 is 19.7 Å². The third-order valence-electron chi connectivity index (χ3n) is 5.53. The van der Waals surface area contributed by atoms with Crippen LogP contribution in [0.2, 0.25) is 0 Å². The van der Waals surface area contributed by atoms with Gasteiger partial charge in [-0.05, 0) is 49.2 Å². The smallest absolute Gasteiger partial charge is 0.240 e. The molecule has 2 heterocycles. The summed E-state index contributed by atoms with van der Waals surface area (Å²) in [5.74, 6) is 0.685. The second kappa shape index (κ2) is 8.67. The van der Waals surface area contributed by atoms with Crippen molar-refractivity contribution in [1.82, 2.24) is 15.0 Å². The number of sulfonamides is 1. The van der Waals surface area contributed by atoms with E-state index in [1.807, 2.05) is 12.3 Å². The van der Waals surface area contributed by atoms with Gasteiger partial charge in [0, 0.05) is 49.8 Å². The zero-order chi connectivity index (χ0) is 21.1. The highest BCUT2D eigenvalue weighted by molar-refractivity contribution is 7.89. The molecule has 0 amide bonds. The number of anilines is 1. The first-order valence-electron chi connectivity index (χ1n) is 10.2. The lowest BCUT2D eigenvalue weighted by Crippen LogP contribution is -2.43. The second-order valence-electron chi connectivity index (χ2n) is 7.58. The van der Waals surface area contributed by atoms with E-state index < -0.39 is 10.0 Å². The summed E-state index contributed by atoms with van der Waals surface area (Å²) in [5.41, 5.74) is 4.17. The zero-order valence-electron chi connectivity index (χ0n) is 17.4. The summed E-state index contributed by atoms with van der Waals surface area (Å²) in [6.45, 7) is 5.74. The summed E-state index contributed by atoms with van der Waals surface area (Å²) >= 11 is 0. The zero-order valence-corrected chi connectivity index (χ0v) is 18.2. The number of aryl methyl sites for hydroxylation is 1. The van der Waals surface area contributed by atoms with E-state index in [1.165, 1.54) is 5.56 Å². The van der Waals surface area contributed by atoms with Crippen LogP contribution in [0, 0.1) is 6.92 Å². The van der Waals surface area contributed by atoms with Gasteiger partial charge in [0.15, 0.2) is 0 Å². The third-order valence-corrected chi connectivity index (χ3v) is 6.99. The third kappa shape index (κ3) is 4.30. The van der Waals surface area contributed by atoms with Crippen LogP contribution >= 0.6 is 0 Å². The number of fused-ring (bicyclic) bond motifs is 1. The molecule has 0 radical (unpaired) electrons. The van der Waals surface area contributed by atoms with Crippen LogP contribution in [-0.2, 0) is 16.4 Å². The van der Waals surface area contributed by atoms with Gasteiger partial charge in [-0.3, -0.25) is 0 Å². The van der Waals surface area contributed by atoms with Gasteiger partial charge in [0.2, 0.25) is 10.0 Å². The number of rotatable bonds is 7. The molecule has 1 aromatic heterocycles. The van der Waals surface area contributed by atoms with Gasteiger partial charge >= 0.3 is 0 Å².